The van der Waals surface area contributed by atoms with Crippen molar-refractivity contribution in [3.63, 3.8) is 0 Å². The van der Waals surface area contributed by atoms with Crippen LogP contribution < -0.4 is 9.64 Å². The maximum absolute atomic E-state index is 10.8. The van der Waals surface area contributed by atoms with Crippen LogP contribution in [0.4, 0.5) is 5.13 Å². The predicted octanol–water partition coefficient (Wildman–Crippen LogP) is 2.25. The number of carbonyl (C=O) groups is 1. The molecule has 0 amide bonds. The van der Waals surface area contributed by atoms with Crippen molar-refractivity contribution in [2.45, 2.75) is 37.8 Å². The summed E-state index contributed by atoms with van der Waals surface area (Å²) in [4.78, 5) is 14.0. The Balaban J connectivity index is 1.25. The number of rotatable bonds is 4. The summed E-state index contributed by atoms with van der Waals surface area (Å²) in [6.07, 6.45) is 3.95. The largest absolute Gasteiger partial charge is 0.487 e. The predicted molar refractivity (Wildman–Crippen MR) is 117 cm³/mol. The SMILES string of the molecule is O=C(O)Cn1nnc(-c2nnc(N3CCC4(CCc5c(I)cccc5O4)CC3)s2)n1. The summed E-state index contributed by atoms with van der Waals surface area (Å²) in [5, 5.41) is 30.3. The van der Waals surface area contributed by atoms with Gasteiger partial charge in [0.2, 0.25) is 11.0 Å². The maximum Gasteiger partial charge on any atom is 0.327 e. The molecule has 2 aromatic heterocycles. The van der Waals surface area contributed by atoms with Gasteiger partial charge in [0.1, 0.15) is 11.4 Å². The molecule has 156 valence electrons. The van der Waals surface area contributed by atoms with Crippen LogP contribution in [0.2, 0.25) is 0 Å². The molecule has 1 saturated heterocycles. The number of carboxylic acid groups (broad SMARTS) is 1. The highest BCUT2D eigenvalue weighted by Gasteiger charge is 2.40. The molecule has 1 aromatic carbocycles. The van der Waals surface area contributed by atoms with Crippen molar-refractivity contribution in [1.82, 2.24) is 30.4 Å². The minimum Gasteiger partial charge on any atom is -0.487 e. The molecular formula is C18H18IN7O3S. The van der Waals surface area contributed by atoms with Crippen LogP contribution >= 0.6 is 33.9 Å². The molecule has 1 fully saturated rings. The highest BCUT2D eigenvalue weighted by molar-refractivity contribution is 14.1. The summed E-state index contributed by atoms with van der Waals surface area (Å²) in [7, 11) is 0. The number of aromatic nitrogens is 6. The highest BCUT2D eigenvalue weighted by atomic mass is 127. The van der Waals surface area contributed by atoms with E-state index in [2.05, 4.69) is 71.3 Å². The summed E-state index contributed by atoms with van der Waals surface area (Å²) in [5.74, 6) is 0.284. The number of fused-ring (bicyclic) bond motifs is 1. The first-order valence-corrected chi connectivity index (χ1v) is 11.5. The second-order valence-corrected chi connectivity index (χ2v) is 9.53. The molecule has 1 N–H and O–H groups in total. The molecule has 4 heterocycles. The second-order valence-electron chi connectivity index (χ2n) is 7.42. The first kappa shape index (κ1) is 19.6. The standard InChI is InChI=1S/C18H18IN7O3S/c19-12-2-1-3-13-11(12)4-5-18(29-13)6-8-25(9-7-18)17-22-21-16(30-17)15-20-24-26(23-15)10-14(27)28/h1-3H,4-10H2,(H,27,28). The number of anilines is 1. The van der Waals surface area contributed by atoms with Crippen LogP contribution in [-0.2, 0) is 17.8 Å². The average molecular weight is 539 g/mol. The molecule has 3 aromatic rings. The van der Waals surface area contributed by atoms with E-state index < -0.39 is 5.97 Å². The zero-order chi connectivity index (χ0) is 20.7. The third-order valence-electron chi connectivity index (χ3n) is 5.51. The quantitative estimate of drug-likeness (QED) is 0.498. The molecule has 1 spiro atoms. The Morgan fingerprint density at radius 3 is 2.87 bits per heavy atom. The third-order valence-corrected chi connectivity index (χ3v) is 7.50. The van der Waals surface area contributed by atoms with Gasteiger partial charge in [0.05, 0.1) is 0 Å². The Hall–Kier alpha value is -2.35. The van der Waals surface area contributed by atoms with Crippen molar-refractivity contribution in [3.8, 4) is 16.6 Å². The summed E-state index contributed by atoms with van der Waals surface area (Å²) in [6.45, 7) is 1.34. The van der Waals surface area contributed by atoms with E-state index in [0.29, 0.717) is 5.01 Å². The molecule has 2 aliphatic heterocycles. The van der Waals surface area contributed by atoms with Gasteiger partial charge in [-0.3, -0.25) is 4.79 Å². The number of tetrazole rings is 1. The molecule has 0 bridgehead atoms. The van der Waals surface area contributed by atoms with Crippen molar-refractivity contribution in [1.29, 1.82) is 0 Å². The number of piperidine rings is 1. The van der Waals surface area contributed by atoms with Crippen LogP contribution in [0.3, 0.4) is 0 Å². The van der Waals surface area contributed by atoms with Gasteiger partial charge in [-0.1, -0.05) is 17.4 Å². The lowest BCUT2D eigenvalue weighted by atomic mass is 9.83. The van der Waals surface area contributed by atoms with Gasteiger partial charge in [-0.25, -0.2) is 0 Å². The number of hydrogen-bond acceptors (Lipinski definition) is 9. The van der Waals surface area contributed by atoms with E-state index in [1.165, 1.54) is 20.5 Å². The molecule has 30 heavy (non-hydrogen) atoms. The highest BCUT2D eigenvalue weighted by Crippen LogP contribution is 2.41. The third kappa shape index (κ3) is 3.73. The van der Waals surface area contributed by atoms with E-state index in [-0.39, 0.29) is 18.0 Å². The first-order valence-electron chi connectivity index (χ1n) is 9.56. The van der Waals surface area contributed by atoms with E-state index >= 15 is 0 Å². The summed E-state index contributed by atoms with van der Waals surface area (Å²) in [6, 6.07) is 6.26. The molecule has 2 aliphatic rings. The van der Waals surface area contributed by atoms with Gasteiger partial charge in [-0.15, -0.1) is 20.4 Å². The zero-order valence-corrected chi connectivity index (χ0v) is 18.8. The number of benzene rings is 1. The molecule has 10 nitrogen and oxygen atoms in total. The number of halogens is 1. The van der Waals surface area contributed by atoms with Crippen molar-refractivity contribution in [3.05, 3.63) is 27.3 Å². The average Bonchev–Trinajstić information content (AvgIpc) is 3.38. The molecular weight excluding hydrogens is 521 g/mol. The van der Waals surface area contributed by atoms with Gasteiger partial charge < -0.3 is 14.7 Å². The lowest BCUT2D eigenvalue weighted by Crippen LogP contribution is -2.50. The number of hydrogen-bond donors (Lipinski definition) is 1. The Kier molecular flexibility index (Phi) is 5.05. The summed E-state index contributed by atoms with van der Waals surface area (Å²) in [5.41, 5.74) is 1.21. The fraction of sp³-hybridized carbons (Fsp3) is 0.444. The van der Waals surface area contributed by atoms with Crippen molar-refractivity contribution >= 4 is 45.0 Å². The Morgan fingerprint density at radius 2 is 2.07 bits per heavy atom. The molecule has 0 unspecified atom stereocenters. The monoisotopic (exact) mass is 539 g/mol. The van der Waals surface area contributed by atoms with Crippen molar-refractivity contribution in [2.24, 2.45) is 0 Å². The van der Waals surface area contributed by atoms with Crippen LogP contribution in [0.1, 0.15) is 24.8 Å². The van der Waals surface area contributed by atoms with Gasteiger partial charge >= 0.3 is 5.97 Å². The topological polar surface area (TPSA) is 119 Å². The van der Waals surface area contributed by atoms with Crippen LogP contribution in [-0.4, -0.2) is 60.2 Å². The molecule has 5 rings (SSSR count). The fourth-order valence-corrected chi connectivity index (χ4v) is 5.49. The van der Waals surface area contributed by atoms with Crippen LogP contribution in [0, 0.1) is 3.57 Å². The molecule has 12 heteroatoms. The van der Waals surface area contributed by atoms with E-state index in [9.17, 15) is 4.79 Å². The lowest BCUT2D eigenvalue weighted by molar-refractivity contribution is -0.138. The minimum absolute atomic E-state index is 0.109. The molecule has 0 atom stereocenters. The van der Waals surface area contributed by atoms with E-state index in [0.717, 1.165) is 54.5 Å². The van der Waals surface area contributed by atoms with Gasteiger partial charge in [0, 0.05) is 35.1 Å². The first-order chi connectivity index (χ1) is 14.5. The maximum atomic E-state index is 10.8. The zero-order valence-electron chi connectivity index (χ0n) is 15.9. The van der Waals surface area contributed by atoms with Crippen LogP contribution in [0.15, 0.2) is 18.2 Å². The van der Waals surface area contributed by atoms with Gasteiger partial charge in [-0.05, 0) is 52.8 Å². The number of ether oxygens (including phenoxy) is 1. The number of carboxylic acids is 1. The van der Waals surface area contributed by atoms with Crippen LogP contribution in [0.5, 0.6) is 5.75 Å². The molecule has 0 saturated carbocycles. The van der Waals surface area contributed by atoms with E-state index in [4.69, 9.17) is 9.84 Å². The second kappa shape index (κ2) is 7.72. The Bertz CT molecular complexity index is 1090. The fourth-order valence-electron chi connectivity index (χ4n) is 3.92. The van der Waals surface area contributed by atoms with Gasteiger partial charge in [0.25, 0.3) is 0 Å². The van der Waals surface area contributed by atoms with Gasteiger partial charge in [0.15, 0.2) is 11.6 Å². The normalized spacial score (nSPS) is 17.6. The summed E-state index contributed by atoms with van der Waals surface area (Å²) >= 11 is 3.77. The van der Waals surface area contributed by atoms with E-state index in [1.807, 2.05) is 0 Å². The Labute approximate surface area is 189 Å². The molecule has 0 aliphatic carbocycles. The van der Waals surface area contributed by atoms with Crippen molar-refractivity contribution in [2.75, 3.05) is 18.0 Å². The smallest absolute Gasteiger partial charge is 0.327 e. The van der Waals surface area contributed by atoms with Crippen LogP contribution in [0.25, 0.3) is 10.8 Å². The van der Waals surface area contributed by atoms with Crippen molar-refractivity contribution < 1.29 is 14.6 Å². The minimum atomic E-state index is -1.03. The lowest BCUT2D eigenvalue weighted by Gasteiger charge is -2.44. The summed E-state index contributed by atoms with van der Waals surface area (Å²) < 4.78 is 7.76. The number of nitrogens with zero attached hydrogens (tertiary/aromatic N) is 7. The Morgan fingerprint density at radius 1 is 1.23 bits per heavy atom. The van der Waals surface area contributed by atoms with Gasteiger partial charge in [-0.2, -0.15) is 4.80 Å². The molecule has 0 radical (unpaired) electrons. The van der Waals surface area contributed by atoms with E-state index in [1.54, 1.807) is 0 Å². The number of aliphatic carboxylic acids is 1.